The average molecular weight is 398 g/mol. The van der Waals surface area contributed by atoms with Crippen LogP contribution in [-0.4, -0.2) is 36.2 Å². The van der Waals surface area contributed by atoms with Crippen LogP contribution in [0.3, 0.4) is 0 Å². The highest BCUT2D eigenvalue weighted by Gasteiger charge is 2.19. The highest BCUT2D eigenvalue weighted by molar-refractivity contribution is 7.80. The van der Waals surface area contributed by atoms with Crippen molar-refractivity contribution in [3.05, 3.63) is 63.9 Å². The first kappa shape index (κ1) is 18.2. The molecule has 2 aromatic rings. The summed E-state index contributed by atoms with van der Waals surface area (Å²) in [4.78, 5) is 4.38. The zero-order valence-electron chi connectivity index (χ0n) is 13.5. The first-order valence-corrected chi connectivity index (χ1v) is 9.16. The molecule has 1 saturated heterocycles. The van der Waals surface area contributed by atoms with E-state index in [1.807, 2.05) is 24.3 Å². The molecule has 1 aliphatic heterocycles. The Balaban J connectivity index is 1.49. The van der Waals surface area contributed by atoms with E-state index >= 15 is 0 Å². The zero-order valence-corrected chi connectivity index (χ0v) is 15.8. The van der Waals surface area contributed by atoms with E-state index in [9.17, 15) is 4.39 Å². The molecule has 1 heterocycles. The summed E-state index contributed by atoms with van der Waals surface area (Å²) in [5.74, 6) is -0.213. The minimum absolute atomic E-state index is 0.213. The average Bonchev–Trinajstić information content (AvgIpc) is 2.63. The van der Waals surface area contributed by atoms with Gasteiger partial charge in [0, 0.05) is 38.4 Å². The molecular weight excluding hydrogens is 380 g/mol. The van der Waals surface area contributed by atoms with E-state index in [0.717, 1.165) is 42.5 Å². The Hall–Kier alpha value is -1.56. The van der Waals surface area contributed by atoms with Crippen molar-refractivity contribution in [2.75, 3.05) is 31.1 Å². The number of piperazine rings is 1. The third kappa shape index (κ3) is 4.75. The van der Waals surface area contributed by atoms with Crippen molar-refractivity contribution in [3.8, 4) is 0 Å². The van der Waals surface area contributed by atoms with E-state index in [1.54, 1.807) is 6.07 Å². The van der Waals surface area contributed by atoms with Gasteiger partial charge in [-0.3, -0.25) is 0 Å². The number of thiocarbonyl (C=S) groups is 1. The molecule has 0 unspecified atom stereocenters. The van der Waals surface area contributed by atoms with Gasteiger partial charge in [-0.15, -0.1) is 0 Å². The summed E-state index contributed by atoms with van der Waals surface area (Å²) >= 11 is 17.4. The molecular formula is C18H18Cl2FN3S. The van der Waals surface area contributed by atoms with Crippen LogP contribution >= 0.6 is 35.4 Å². The number of halogens is 3. The minimum Gasteiger partial charge on any atom is -0.368 e. The van der Waals surface area contributed by atoms with Gasteiger partial charge in [0.2, 0.25) is 0 Å². The van der Waals surface area contributed by atoms with Crippen LogP contribution < -0.4 is 10.2 Å². The Morgan fingerprint density at radius 2 is 1.68 bits per heavy atom. The van der Waals surface area contributed by atoms with E-state index < -0.39 is 0 Å². The van der Waals surface area contributed by atoms with Gasteiger partial charge in [-0.25, -0.2) is 4.39 Å². The molecule has 1 aliphatic rings. The van der Waals surface area contributed by atoms with Gasteiger partial charge in [-0.2, -0.15) is 0 Å². The van der Waals surface area contributed by atoms with Gasteiger partial charge in [0.15, 0.2) is 5.11 Å². The van der Waals surface area contributed by atoms with Gasteiger partial charge in [0.1, 0.15) is 5.82 Å². The summed E-state index contributed by atoms with van der Waals surface area (Å²) in [5.41, 5.74) is 2.07. The maximum Gasteiger partial charge on any atom is 0.169 e. The third-order valence-electron chi connectivity index (χ3n) is 4.19. The van der Waals surface area contributed by atoms with Crippen molar-refractivity contribution < 1.29 is 4.39 Å². The lowest BCUT2D eigenvalue weighted by Crippen LogP contribution is -2.51. The first-order valence-electron chi connectivity index (χ1n) is 8.00. The SMILES string of the molecule is Fc1ccc(N2CCN(C(=S)NCc3ccc(Cl)c(Cl)c3)CC2)cc1. The largest absolute Gasteiger partial charge is 0.368 e. The summed E-state index contributed by atoms with van der Waals surface area (Å²) in [6, 6.07) is 12.2. The van der Waals surface area contributed by atoms with E-state index in [4.69, 9.17) is 35.4 Å². The second-order valence-electron chi connectivity index (χ2n) is 5.86. The normalized spacial score (nSPS) is 14.5. The van der Waals surface area contributed by atoms with E-state index in [2.05, 4.69) is 15.1 Å². The highest BCUT2D eigenvalue weighted by atomic mass is 35.5. The second-order valence-corrected chi connectivity index (χ2v) is 7.06. The Morgan fingerprint density at radius 1 is 1.00 bits per heavy atom. The molecule has 0 spiro atoms. The number of anilines is 1. The van der Waals surface area contributed by atoms with E-state index in [1.165, 1.54) is 12.1 Å². The summed E-state index contributed by atoms with van der Waals surface area (Å²) in [6.07, 6.45) is 0. The van der Waals surface area contributed by atoms with Crippen LogP contribution in [0.25, 0.3) is 0 Å². The van der Waals surface area contributed by atoms with Gasteiger partial charge >= 0.3 is 0 Å². The Kier molecular flexibility index (Phi) is 5.99. The molecule has 7 heteroatoms. The van der Waals surface area contributed by atoms with Crippen LogP contribution in [0.4, 0.5) is 10.1 Å². The molecule has 1 fully saturated rings. The van der Waals surface area contributed by atoms with Crippen LogP contribution in [-0.2, 0) is 6.54 Å². The topological polar surface area (TPSA) is 18.5 Å². The Bertz CT molecular complexity index is 746. The van der Waals surface area contributed by atoms with Gasteiger partial charge in [-0.05, 0) is 54.2 Å². The lowest BCUT2D eigenvalue weighted by molar-refractivity contribution is 0.380. The Morgan fingerprint density at radius 3 is 2.32 bits per heavy atom. The number of hydrogen-bond acceptors (Lipinski definition) is 2. The fourth-order valence-electron chi connectivity index (χ4n) is 2.76. The van der Waals surface area contributed by atoms with Gasteiger partial charge in [0.05, 0.1) is 10.0 Å². The zero-order chi connectivity index (χ0) is 17.8. The van der Waals surface area contributed by atoms with Gasteiger partial charge in [-0.1, -0.05) is 29.3 Å². The molecule has 0 aromatic heterocycles. The molecule has 3 rings (SSSR count). The van der Waals surface area contributed by atoms with Crippen molar-refractivity contribution in [1.29, 1.82) is 0 Å². The molecule has 0 radical (unpaired) electrons. The molecule has 1 N–H and O–H groups in total. The molecule has 25 heavy (non-hydrogen) atoms. The summed E-state index contributed by atoms with van der Waals surface area (Å²) in [6.45, 7) is 3.95. The summed E-state index contributed by atoms with van der Waals surface area (Å²) in [7, 11) is 0. The van der Waals surface area contributed by atoms with Crippen LogP contribution in [0.15, 0.2) is 42.5 Å². The van der Waals surface area contributed by atoms with Crippen LogP contribution in [0.5, 0.6) is 0 Å². The predicted molar refractivity (Wildman–Crippen MR) is 106 cm³/mol. The van der Waals surface area contributed by atoms with E-state index in [-0.39, 0.29) is 5.82 Å². The standard InChI is InChI=1S/C18H18Cl2FN3S/c19-16-6-1-13(11-17(16)20)12-22-18(25)24-9-7-23(8-10-24)15-4-2-14(21)3-5-15/h1-6,11H,7-10,12H2,(H,22,25). The highest BCUT2D eigenvalue weighted by Crippen LogP contribution is 2.22. The Labute approximate surface area is 162 Å². The molecule has 132 valence electrons. The first-order chi connectivity index (χ1) is 12.0. The lowest BCUT2D eigenvalue weighted by Gasteiger charge is -2.37. The molecule has 0 amide bonds. The van der Waals surface area contributed by atoms with Gasteiger partial charge in [0.25, 0.3) is 0 Å². The van der Waals surface area contributed by atoms with Crippen molar-refractivity contribution in [2.24, 2.45) is 0 Å². The molecule has 2 aromatic carbocycles. The number of rotatable bonds is 3. The number of benzene rings is 2. The molecule has 3 nitrogen and oxygen atoms in total. The van der Waals surface area contributed by atoms with Crippen molar-refractivity contribution >= 4 is 46.2 Å². The maximum atomic E-state index is 13.0. The van der Waals surface area contributed by atoms with Crippen LogP contribution in [0.2, 0.25) is 10.0 Å². The molecule has 0 aliphatic carbocycles. The maximum absolute atomic E-state index is 13.0. The van der Waals surface area contributed by atoms with Crippen LogP contribution in [0.1, 0.15) is 5.56 Å². The molecule has 0 saturated carbocycles. The van der Waals surface area contributed by atoms with Crippen molar-refractivity contribution in [1.82, 2.24) is 10.2 Å². The monoisotopic (exact) mass is 397 g/mol. The number of hydrogen-bond donors (Lipinski definition) is 1. The molecule has 0 atom stereocenters. The quantitative estimate of drug-likeness (QED) is 0.776. The fraction of sp³-hybridized carbons (Fsp3) is 0.278. The van der Waals surface area contributed by atoms with Crippen molar-refractivity contribution in [3.63, 3.8) is 0 Å². The summed E-state index contributed by atoms with van der Waals surface area (Å²) < 4.78 is 13.0. The number of nitrogens with one attached hydrogen (secondary N) is 1. The van der Waals surface area contributed by atoms with E-state index in [0.29, 0.717) is 16.6 Å². The third-order valence-corrected chi connectivity index (χ3v) is 5.33. The second kappa shape index (κ2) is 8.21. The minimum atomic E-state index is -0.213. The van der Waals surface area contributed by atoms with Crippen molar-refractivity contribution in [2.45, 2.75) is 6.54 Å². The number of nitrogens with zero attached hydrogens (tertiary/aromatic N) is 2. The smallest absolute Gasteiger partial charge is 0.169 e. The summed E-state index contributed by atoms with van der Waals surface area (Å²) in [5, 5.41) is 5.08. The lowest BCUT2D eigenvalue weighted by atomic mass is 10.2. The predicted octanol–water partition coefficient (Wildman–Crippen LogP) is 4.33. The fourth-order valence-corrected chi connectivity index (χ4v) is 3.33. The molecule has 0 bridgehead atoms. The van der Waals surface area contributed by atoms with Gasteiger partial charge < -0.3 is 15.1 Å². The van der Waals surface area contributed by atoms with Crippen LogP contribution in [0, 0.1) is 5.82 Å².